The number of ether oxygens (including phenoxy) is 1. The van der Waals surface area contributed by atoms with Crippen molar-refractivity contribution in [2.75, 3.05) is 13.2 Å². The van der Waals surface area contributed by atoms with E-state index in [0.717, 1.165) is 38.2 Å². The van der Waals surface area contributed by atoms with E-state index >= 15 is 0 Å². The Kier molecular flexibility index (Phi) is 6.29. The van der Waals surface area contributed by atoms with E-state index < -0.39 is 0 Å². The van der Waals surface area contributed by atoms with Gasteiger partial charge in [0.1, 0.15) is 5.75 Å². The summed E-state index contributed by atoms with van der Waals surface area (Å²) in [4.78, 5) is 0. The number of rotatable bonds is 8. The maximum atomic E-state index is 5.92. The maximum absolute atomic E-state index is 5.92. The van der Waals surface area contributed by atoms with Crippen LogP contribution >= 0.6 is 0 Å². The molecule has 0 aliphatic carbocycles. The van der Waals surface area contributed by atoms with Crippen molar-refractivity contribution in [1.29, 1.82) is 0 Å². The molecule has 0 aromatic heterocycles. The molecule has 1 atom stereocenters. The van der Waals surface area contributed by atoms with Crippen LogP contribution in [0.4, 0.5) is 0 Å². The summed E-state index contributed by atoms with van der Waals surface area (Å²) in [6, 6.07) is 18.5. The van der Waals surface area contributed by atoms with E-state index in [2.05, 4.69) is 31.2 Å². The van der Waals surface area contributed by atoms with E-state index in [1.807, 2.05) is 30.3 Å². The minimum atomic E-state index is 0.533. The Bertz CT molecular complexity index is 524. The van der Waals surface area contributed by atoms with Crippen molar-refractivity contribution in [2.45, 2.75) is 26.2 Å². The fraction of sp³-hybridized carbons (Fsp3) is 0.368. The zero-order chi connectivity index (χ0) is 14.9. The molecule has 0 radical (unpaired) electrons. The second kappa shape index (κ2) is 8.48. The number of aryl methyl sites for hydroxylation is 1. The summed E-state index contributed by atoms with van der Waals surface area (Å²) < 4.78 is 5.73. The molecule has 2 nitrogen and oxygen atoms in total. The van der Waals surface area contributed by atoms with Crippen molar-refractivity contribution in [3.05, 3.63) is 65.7 Å². The minimum absolute atomic E-state index is 0.533. The molecule has 2 N–H and O–H groups in total. The van der Waals surface area contributed by atoms with E-state index in [-0.39, 0.29) is 0 Å². The summed E-state index contributed by atoms with van der Waals surface area (Å²) >= 11 is 0. The summed E-state index contributed by atoms with van der Waals surface area (Å²) in [7, 11) is 0. The van der Waals surface area contributed by atoms with Gasteiger partial charge in [-0.25, -0.2) is 0 Å². The molecule has 2 rings (SSSR count). The van der Waals surface area contributed by atoms with E-state index in [1.165, 1.54) is 11.1 Å². The van der Waals surface area contributed by atoms with E-state index in [9.17, 15) is 0 Å². The molecule has 21 heavy (non-hydrogen) atoms. The first-order valence-corrected chi connectivity index (χ1v) is 7.72. The maximum Gasteiger partial charge on any atom is 0.119 e. The highest BCUT2D eigenvalue weighted by atomic mass is 16.5. The van der Waals surface area contributed by atoms with Gasteiger partial charge < -0.3 is 10.5 Å². The Morgan fingerprint density at radius 2 is 1.71 bits per heavy atom. The third-order valence-corrected chi connectivity index (χ3v) is 3.87. The molecule has 0 saturated heterocycles. The average Bonchev–Trinajstić information content (AvgIpc) is 2.53. The highest BCUT2D eigenvalue weighted by molar-refractivity contribution is 5.26. The number of hydrogen-bond donors (Lipinski definition) is 1. The fourth-order valence-electron chi connectivity index (χ4n) is 2.53. The number of para-hydroxylation sites is 1. The Labute approximate surface area is 127 Å². The summed E-state index contributed by atoms with van der Waals surface area (Å²) in [5.41, 5.74) is 8.69. The standard InChI is InChI=1S/C19H25NO/c1-16-8-5-6-10-18(16)14-17(15-20)9-7-13-21-19-11-3-2-4-12-19/h2-6,8,10-12,17H,7,9,13-15,20H2,1H3. The predicted octanol–water partition coefficient (Wildman–Crippen LogP) is 3.97. The second-order valence-electron chi connectivity index (χ2n) is 5.54. The van der Waals surface area contributed by atoms with Crippen LogP contribution in [0.25, 0.3) is 0 Å². The van der Waals surface area contributed by atoms with Gasteiger partial charge >= 0.3 is 0 Å². The molecule has 1 unspecified atom stereocenters. The van der Waals surface area contributed by atoms with Crippen LogP contribution in [0, 0.1) is 12.8 Å². The summed E-state index contributed by atoms with van der Waals surface area (Å²) in [6.45, 7) is 3.66. The van der Waals surface area contributed by atoms with Crippen molar-refractivity contribution < 1.29 is 4.74 Å². The molecule has 0 heterocycles. The quantitative estimate of drug-likeness (QED) is 0.744. The number of hydrogen-bond acceptors (Lipinski definition) is 2. The van der Waals surface area contributed by atoms with Gasteiger partial charge in [0, 0.05) is 0 Å². The lowest BCUT2D eigenvalue weighted by atomic mass is 9.93. The van der Waals surface area contributed by atoms with Crippen molar-refractivity contribution in [1.82, 2.24) is 0 Å². The van der Waals surface area contributed by atoms with Crippen molar-refractivity contribution in [3.63, 3.8) is 0 Å². The molecule has 0 aliphatic heterocycles. The SMILES string of the molecule is Cc1ccccc1CC(CN)CCCOc1ccccc1. The van der Waals surface area contributed by atoms with Gasteiger partial charge in [-0.1, -0.05) is 42.5 Å². The van der Waals surface area contributed by atoms with Gasteiger partial charge in [-0.2, -0.15) is 0 Å². The highest BCUT2D eigenvalue weighted by Gasteiger charge is 2.09. The second-order valence-corrected chi connectivity index (χ2v) is 5.54. The molecular weight excluding hydrogens is 258 g/mol. The minimum Gasteiger partial charge on any atom is -0.494 e. The first kappa shape index (κ1) is 15.6. The first-order chi connectivity index (χ1) is 10.3. The molecule has 2 aromatic rings. The van der Waals surface area contributed by atoms with Gasteiger partial charge in [-0.15, -0.1) is 0 Å². The van der Waals surface area contributed by atoms with Crippen LogP contribution in [-0.2, 0) is 6.42 Å². The van der Waals surface area contributed by atoms with Crippen molar-refractivity contribution in [3.8, 4) is 5.75 Å². The van der Waals surface area contributed by atoms with Crippen LogP contribution in [-0.4, -0.2) is 13.2 Å². The van der Waals surface area contributed by atoms with Gasteiger partial charge in [-0.05, 0) is 61.9 Å². The van der Waals surface area contributed by atoms with Crippen LogP contribution in [0.2, 0.25) is 0 Å². The average molecular weight is 283 g/mol. The topological polar surface area (TPSA) is 35.2 Å². The summed E-state index contributed by atoms with van der Waals surface area (Å²) in [5, 5.41) is 0. The molecule has 0 bridgehead atoms. The molecule has 0 amide bonds. The van der Waals surface area contributed by atoms with Gasteiger partial charge in [0.05, 0.1) is 6.61 Å². The molecule has 0 aliphatic rings. The third kappa shape index (κ3) is 5.24. The van der Waals surface area contributed by atoms with Crippen molar-refractivity contribution in [2.24, 2.45) is 11.7 Å². The highest BCUT2D eigenvalue weighted by Crippen LogP contribution is 2.17. The van der Waals surface area contributed by atoms with Crippen molar-refractivity contribution >= 4 is 0 Å². The zero-order valence-corrected chi connectivity index (χ0v) is 12.8. The molecule has 0 spiro atoms. The Morgan fingerprint density at radius 3 is 2.43 bits per heavy atom. The Balaban J connectivity index is 1.74. The molecule has 2 heteroatoms. The Hall–Kier alpha value is -1.80. The van der Waals surface area contributed by atoms with E-state index in [0.29, 0.717) is 5.92 Å². The first-order valence-electron chi connectivity index (χ1n) is 7.72. The largest absolute Gasteiger partial charge is 0.494 e. The smallest absolute Gasteiger partial charge is 0.119 e. The van der Waals surface area contributed by atoms with Gasteiger partial charge in [-0.3, -0.25) is 0 Å². The monoisotopic (exact) mass is 283 g/mol. The van der Waals surface area contributed by atoms with E-state index in [4.69, 9.17) is 10.5 Å². The zero-order valence-electron chi connectivity index (χ0n) is 12.8. The lowest BCUT2D eigenvalue weighted by molar-refractivity contribution is 0.292. The van der Waals surface area contributed by atoms with Crippen LogP contribution in [0.15, 0.2) is 54.6 Å². The number of nitrogens with two attached hydrogens (primary N) is 1. The number of benzene rings is 2. The predicted molar refractivity (Wildman–Crippen MR) is 88.6 cm³/mol. The molecule has 0 saturated carbocycles. The van der Waals surface area contributed by atoms with Crippen LogP contribution in [0.3, 0.4) is 0 Å². The van der Waals surface area contributed by atoms with Gasteiger partial charge in [0.2, 0.25) is 0 Å². The molecular formula is C19H25NO. The Morgan fingerprint density at radius 1 is 1.00 bits per heavy atom. The lowest BCUT2D eigenvalue weighted by Gasteiger charge is -2.16. The normalized spacial score (nSPS) is 12.1. The summed E-state index contributed by atoms with van der Waals surface area (Å²) in [5.74, 6) is 1.48. The molecule has 2 aromatic carbocycles. The van der Waals surface area contributed by atoms with E-state index in [1.54, 1.807) is 0 Å². The third-order valence-electron chi connectivity index (χ3n) is 3.87. The molecule has 112 valence electrons. The lowest BCUT2D eigenvalue weighted by Crippen LogP contribution is -2.18. The summed E-state index contributed by atoms with van der Waals surface area (Å²) in [6.07, 6.45) is 3.22. The van der Waals surface area contributed by atoms with Gasteiger partial charge in [0.25, 0.3) is 0 Å². The van der Waals surface area contributed by atoms with Crippen LogP contribution < -0.4 is 10.5 Å². The fourth-order valence-corrected chi connectivity index (χ4v) is 2.53. The molecule has 0 fully saturated rings. The van der Waals surface area contributed by atoms with Crippen LogP contribution in [0.5, 0.6) is 5.75 Å². The van der Waals surface area contributed by atoms with Crippen LogP contribution in [0.1, 0.15) is 24.0 Å². The van der Waals surface area contributed by atoms with Gasteiger partial charge in [0.15, 0.2) is 0 Å².